The summed E-state index contributed by atoms with van der Waals surface area (Å²) in [6.07, 6.45) is -2.70. The highest BCUT2D eigenvalue weighted by Gasteiger charge is 2.79. The van der Waals surface area contributed by atoms with Crippen molar-refractivity contribution < 1.29 is 36.6 Å². The molecule has 6 rings (SSSR count). The minimum absolute atomic E-state index is 0.0127. The van der Waals surface area contributed by atoms with Gasteiger partial charge >= 0.3 is 18.1 Å². The molecule has 45 heavy (non-hydrogen) atoms. The van der Waals surface area contributed by atoms with E-state index in [9.17, 15) is 27.9 Å². The standard InChI is InChI=1S/C34H42F5N3O3/c1-31-19-27(22-6-4-21(5-7-22)20-41-14-16-42(17-15-41)30(44)40(2)3)29-25-11-9-24(43)18-23(25)8-10-26(29)28(31)12-13-32(31,45)33(35,36)34(37,38)39/h4-7,18,26-28,45H,8-17,19-20H2,1-3H3/t26?,27-,28?,31+,32-/m1/s1. The number of piperazine rings is 1. The van der Waals surface area contributed by atoms with E-state index in [0.717, 1.165) is 40.9 Å². The van der Waals surface area contributed by atoms with Crippen molar-refractivity contribution in [1.82, 2.24) is 14.7 Å². The highest BCUT2D eigenvalue weighted by Crippen LogP contribution is 2.70. The number of alkyl halides is 5. The summed E-state index contributed by atoms with van der Waals surface area (Å²) in [6.45, 7) is 4.81. The number of halogens is 5. The van der Waals surface area contributed by atoms with E-state index in [4.69, 9.17) is 0 Å². The predicted octanol–water partition coefficient (Wildman–Crippen LogP) is 6.31. The van der Waals surface area contributed by atoms with Gasteiger partial charge in [0, 0.05) is 64.6 Å². The van der Waals surface area contributed by atoms with Crippen LogP contribution in [0.3, 0.4) is 0 Å². The van der Waals surface area contributed by atoms with E-state index in [2.05, 4.69) is 4.90 Å². The van der Waals surface area contributed by atoms with Crippen LogP contribution in [-0.4, -0.2) is 89.6 Å². The molecule has 5 atom stereocenters. The normalized spacial score (nSPS) is 32.6. The number of aliphatic hydroxyl groups is 1. The largest absolute Gasteiger partial charge is 0.456 e. The number of benzene rings is 1. The maximum atomic E-state index is 15.2. The van der Waals surface area contributed by atoms with E-state index in [1.165, 1.54) is 6.92 Å². The first-order chi connectivity index (χ1) is 21.1. The minimum Gasteiger partial charge on any atom is -0.383 e. The average molecular weight is 636 g/mol. The zero-order chi connectivity index (χ0) is 32.5. The number of amides is 2. The molecule has 2 unspecified atom stereocenters. The van der Waals surface area contributed by atoms with Crippen LogP contribution >= 0.6 is 0 Å². The van der Waals surface area contributed by atoms with Crippen LogP contribution in [-0.2, 0) is 11.3 Å². The number of hydrogen-bond donors (Lipinski definition) is 1. The zero-order valence-electron chi connectivity index (χ0n) is 26.1. The van der Waals surface area contributed by atoms with Gasteiger partial charge in [0.15, 0.2) is 5.78 Å². The van der Waals surface area contributed by atoms with Gasteiger partial charge in [-0.25, -0.2) is 4.79 Å². The average Bonchev–Trinajstić information content (AvgIpc) is 3.27. The summed E-state index contributed by atoms with van der Waals surface area (Å²) >= 11 is 0. The Kier molecular flexibility index (Phi) is 7.99. The summed E-state index contributed by atoms with van der Waals surface area (Å²) in [5, 5.41) is 11.5. The number of nitrogens with zero attached hydrogens (tertiary/aromatic N) is 3. The number of rotatable bonds is 4. The van der Waals surface area contributed by atoms with Crippen molar-refractivity contribution >= 4 is 11.8 Å². The zero-order valence-corrected chi connectivity index (χ0v) is 26.1. The fraction of sp³-hybridized carbons (Fsp3) is 0.647. The third-order valence-corrected chi connectivity index (χ3v) is 11.6. The second kappa shape index (κ2) is 11.2. The van der Waals surface area contributed by atoms with Crippen LogP contribution in [0.1, 0.15) is 68.9 Å². The van der Waals surface area contributed by atoms with Crippen LogP contribution in [0.4, 0.5) is 26.7 Å². The van der Waals surface area contributed by atoms with Gasteiger partial charge < -0.3 is 14.9 Å². The molecular formula is C34H42F5N3O3. The van der Waals surface area contributed by atoms with Gasteiger partial charge in [-0.3, -0.25) is 9.69 Å². The second-order valence-electron chi connectivity index (χ2n) is 14.1. The molecule has 2 amide bonds. The number of hydrogen-bond acceptors (Lipinski definition) is 4. The monoisotopic (exact) mass is 635 g/mol. The minimum atomic E-state index is -5.87. The molecule has 246 valence electrons. The first-order valence-corrected chi connectivity index (χ1v) is 16.0. The lowest BCUT2D eigenvalue weighted by atomic mass is 9.50. The van der Waals surface area contributed by atoms with Crippen LogP contribution in [0.25, 0.3) is 0 Å². The van der Waals surface area contributed by atoms with E-state index in [0.29, 0.717) is 45.3 Å². The van der Waals surface area contributed by atoms with Crippen LogP contribution in [0.15, 0.2) is 47.1 Å². The number of carbonyl (C=O) groups excluding carboxylic acids is 2. The molecule has 0 spiro atoms. The van der Waals surface area contributed by atoms with Crippen molar-refractivity contribution in [2.45, 2.75) is 82.0 Å². The van der Waals surface area contributed by atoms with Crippen molar-refractivity contribution in [2.24, 2.45) is 17.3 Å². The molecule has 0 bridgehead atoms. The number of ketones is 1. The molecule has 1 aromatic carbocycles. The van der Waals surface area contributed by atoms with Crippen LogP contribution in [0, 0.1) is 17.3 Å². The molecule has 2 saturated carbocycles. The van der Waals surface area contributed by atoms with Gasteiger partial charge in [-0.15, -0.1) is 0 Å². The smallest absolute Gasteiger partial charge is 0.383 e. The van der Waals surface area contributed by atoms with Crippen molar-refractivity contribution in [3.8, 4) is 0 Å². The van der Waals surface area contributed by atoms with E-state index < -0.39 is 41.4 Å². The molecule has 1 aromatic rings. The van der Waals surface area contributed by atoms with E-state index in [1.807, 2.05) is 29.2 Å². The Morgan fingerprint density at radius 2 is 1.67 bits per heavy atom. The lowest BCUT2D eigenvalue weighted by molar-refractivity contribution is -0.362. The van der Waals surface area contributed by atoms with E-state index >= 15 is 8.78 Å². The Balaban J connectivity index is 1.32. The molecule has 0 radical (unpaired) electrons. The van der Waals surface area contributed by atoms with Crippen molar-refractivity contribution in [3.63, 3.8) is 0 Å². The second-order valence-corrected chi connectivity index (χ2v) is 14.1. The van der Waals surface area contributed by atoms with Crippen LogP contribution < -0.4 is 0 Å². The topological polar surface area (TPSA) is 64.1 Å². The fourth-order valence-corrected chi connectivity index (χ4v) is 9.21. The molecular weight excluding hydrogens is 593 g/mol. The SMILES string of the molecule is CN(C)C(=O)N1CCN(Cc2ccc([C@H]3C[C@@]4(C)C(CC[C@]4(O)C(F)(F)C(F)(F)F)C4CCC5=CC(=O)CCC5=C43)cc2)CC1. The third-order valence-electron chi connectivity index (χ3n) is 11.6. The first kappa shape index (κ1) is 32.2. The Morgan fingerprint density at radius 1 is 1.00 bits per heavy atom. The summed E-state index contributed by atoms with van der Waals surface area (Å²) in [4.78, 5) is 30.2. The molecule has 6 nitrogen and oxygen atoms in total. The summed E-state index contributed by atoms with van der Waals surface area (Å²) in [7, 11) is 3.46. The number of allylic oxidation sites excluding steroid dienone is 4. The molecule has 5 aliphatic rings. The molecule has 3 fully saturated rings. The molecule has 0 aromatic heterocycles. The van der Waals surface area contributed by atoms with Crippen LogP contribution in [0.2, 0.25) is 0 Å². The number of fused-ring (bicyclic) bond motifs is 4. The summed E-state index contributed by atoms with van der Waals surface area (Å²) < 4.78 is 71.9. The number of carbonyl (C=O) groups is 2. The lowest BCUT2D eigenvalue weighted by Gasteiger charge is -2.56. The Morgan fingerprint density at radius 3 is 2.29 bits per heavy atom. The van der Waals surface area contributed by atoms with Gasteiger partial charge in [0.05, 0.1) is 0 Å². The molecule has 1 heterocycles. The maximum Gasteiger partial charge on any atom is 0.456 e. The summed E-state index contributed by atoms with van der Waals surface area (Å²) in [5.74, 6) is -6.41. The molecule has 1 N–H and O–H groups in total. The summed E-state index contributed by atoms with van der Waals surface area (Å²) in [5.41, 5.74) is 0.0692. The summed E-state index contributed by atoms with van der Waals surface area (Å²) in [6, 6.07) is 7.85. The van der Waals surface area contributed by atoms with Crippen LogP contribution in [0.5, 0.6) is 0 Å². The quantitative estimate of drug-likeness (QED) is 0.394. The van der Waals surface area contributed by atoms with Crippen molar-refractivity contribution in [1.29, 1.82) is 0 Å². The van der Waals surface area contributed by atoms with Gasteiger partial charge in [0.2, 0.25) is 0 Å². The molecule has 4 aliphatic carbocycles. The maximum absolute atomic E-state index is 15.2. The van der Waals surface area contributed by atoms with Gasteiger partial charge in [-0.05, 0) is 78.7 Å². The molecule has 11 heteroatoms. The third kappa shape index (κ3) is 5.12. The first-order valence-electron chi connectivity index (χ1n) is 16.0. The van der Waals surface area contributed by atoms with E-state index in [1.54, 1.807) is 25.1 Å². The molecule has 1 saturated heterocycles. The Labute approximate surface area is 260 Å². The van der Waals surface area contributed by atoms with Crippen molar-refractivity contribution in [3.05, 3.63) is 58.2 Å². The highest BCUT2D eigenvalue weighted by atomic mass is 19.4. The van der Waals surface area contributed by atoms with Gasteiger partial charge in [-0.2, -0.15) is 22.0 Å². The highest BCUT2D eigenvalue weighted by molar-refractivity contribution is 5.93. The fourth-order valence-electron chi connectivity index (χ4n) is 9.21. The molecule has 1 aliphatic heterocycles. The predicted molar refractivity (Wildman–Crippen MR) is 159 cm³/mol. The van der Waals surface area contributed by atoms with Crippen molar-refractivity contribution in [2.75, 3.05) is 40.3 Å². The van der Waals surface area contributed by atoms with E-state index in [-0.39, 0.29) is 30.6 Å². The van der Waals surface area contributed by atoms with Gasteiger partial charge in [-0.1, -0.05) is 36.8 Å². The lowest BCUT2D eigenvalue weighted by Crippen LogP contribution is -2.65. The Hall–Kier alpha value is -2.79. The number of urea groups is 1. The van der Waals surface area contributed by atoms with Gasteiger partial charge in [0.25, 0.3) is 0 Å². The Bertz CT molecular complexity index is 1410. The van der Waals surface area contributed by atoms with Gasteiger partial charge in [0.1, 0.15) is 5.60 Å².